The van der Waals surface area contributed by atoms with Gasteiger partial charge < -0.3 is 20.3 Å². The predicted molar refractivity (Wildman–Crippen MR) is 148 cm³/mol. The molecular weight excluding hydrogens is 478 g/mol. The van der Waals surface area contributed by atoms with Gasteiger partial charge in [0.15, 0.2) is 0 Å². The fraction of sp³-hybridized carbons (Fsp3) is 0.516. The summed E-state index contributed by atoms with van der Waals surface area (Å²) in [6, 6.07) is 14.6. The second kappa shape index (κ2) is 13.4. The summed E-state index contributed by atoms with van der Waals surface area (Å²) in [6.07, 6.45) is 7.35. The first-order valence-electron chi connectivity index (χ1n) is 14.1. The SMILES string of the molecule is CCCCOc1ccc(C(=O)N2CCCC(C(=O)N[C@@H]3CCCC[C@H]3NC(=O)c3ccccc3C)C2)cc1. The number of rotatable bonds is 9. The lowest BCUT2D eigenvalue weighted by Crippen LogP contribution is -2.55. The number of piperidine rings is 1. The number of nitrogens with one attached hydrogen (secondary N) is 2. The molecule has 1 aliphatic carbocycles. The summed E-state index contributed by atoms with van der Waals surface area (Å²) >= 11 is 0. The minimum Gasteiger partial charge on any atom is -0.494 e. The van der Waals surface area contributed by atoms with Gasteiger partial charge in [0.05, 0.1) is 12.5 Å². The Labute approximate surface area is 226 Å². The van der Waals surface area contributed by atoms with Crippen LogP contribution in [0.3, 0.4) is 0 Å². The Balaban J connectivity index is 1.33. The van der Waals surface area contributed by atoms with Gasteiger partial charge in [0.1, 0.15) is 5.75 Å². The summed E-state index contributed by atoms with van der Waals surface area (Å²) in [5, 5.41) is 6.41. The van der Waals surface area contributed by atoms with Crippen molar-refractivity contribution in [1.82, 2.24) is 15.5 Å². The van der Waals surface area contributed by atoms with E-state index in [1.54, 1.807) is 17.0 Å². The minimum atomic E-state index is -0.251. The third-order valence-corrected chi connectivity index (χ3v) is 7.75. The maximum absolute atomic E-state index is 13.3. The molecule has 2 N–H and O–H groups in total. The molecule has 7 nitrogen and oxygen atoms in total. The van der Waals surface area contributed by atoms with E-state index in [4.69, 9.17) is 4.74 Å². The number of benzene rings is 2. The Morgan fingerprint density at radius 2 is 1.63 bits per heavy atom. The number of carbonyl (C=O) groups excluding carboxylic acids is 3. The molecule has 3 atom stereocenters. The molecule has 1 aliphatic heterocycles. The van der Waals surface area contributed by atoms with Gasteiger partial charge in [-0.2, -0.15) is 0 Å². The number of hydrogen-bond acceptors (Lipinski definition) is 4. The van der Waals surface area contributed by atoms with Crippen molar-refractivity contribution >= 4 is 17.7 Å². The molecule has 3 amide bonds. The van der Waals surface area contributed by atoms with Crippen LogP contribution in [0, 0.1) is 12.8 Å². The average molecular weight is 520 g/mol. The summed E-state index contributed by atoms with van der Waals surface area (Å²) in [7, 11) is 0. The third kappa shape index (κ3) is 7.15. The van der Waals surface area contributed by atoms with Gasteiger partial charge in [-0.05, 0) is 74.9 Å². The van der Waals surface area contributed by atoms with Crippen LogP contribution in [0.4, 0.5) is 0 Å². The van der Waals surface area contributed by atoms with E-state index in [1.807, 2.05) is 43.3 Å². The molecule has 7 heteroatoms. The largest absolute Gasteiger partial charge is 0.494 e. The van der Waals surface area contributed by atoms with Crippen molar-refractivity contribution in [2.24, 2.45) is 5.92 Å². The van der Waals surface area contributed by atoms with Gasteiger partial charge in [0.2, 0.25) is 5.91 Å². The summed E-state index contributed by atoms with van der Waals surface area (Å²) in [5.74, 6) is 0.347. The van der Waals surface area contributed by atoms with Crippen molar-refractivity contribution in [3.8, 4) is 5.75 Å². The number of ether oxygens (including phenoxy) is 1. The molecule has 0 aromatic heterocycles. The fourth-order valence-corrected chi connectivity index (χ4v) is 5.44. The van der Waals surface area contributed by atoms with E-state index in [1.165, 1.54) is 0 Å². The van der Waals surface area contributed by atoms with E-state index in [0.29, 0.717) is 30.8 Å². The number of hydrogen-bond donors (Lipinski definition) is 2. The first-order chi connectivity index (χ1) is 18.5. The number of nitrogens with zero attached hydrogens (tertiary/aromatic N) is 1. The van der Waals surface area contributed by atoms with Crippen LogP contribution in [0.2, 0.25) is 0 Å². The maximum atomic E-state index is 13.3. The van der Waals surface area contributed by atoms with Crippen LogP contribution < -0.4 is 15.4 Å². The zero-order valence-corrected chi connectivity index (χ0v) is 22.7. The standard InChI is InChI=1S/C31H41N3O4/c1-3-4-20-38-25-17-15-23(16-18-25)31(37)34-19-9-11-24(21-34)29(35)32-27-13-7-8-14-28(27)33-30(36)26-12-6-5-10-22(26)2/h5-6,10,12,15-18,24,27-28H,3-4,7-9,11,13-14,19-21H2,1-2H3,(H,32,35)(H,33,36)/t24?,27-,28-/m1/s1. The molecule has 2 aliphatic rings. The zero-order valence-electron chi connectivity index (χ0n) is 22.7. The predicted octanol–water partition coefficient (Wildman–Crippen LogP) is 4.88. The molecule has 1 saturated carbocycles. The monoisotopic (exact) mass is 519 g/mol. The summed E-state index contributed by atoms with van der Waals surface area (Å²) in [5.41, 5.74) is 2.22. The van der Waals surface area contributed by atoms with Crippen LogP contribution in [0.1, 0.15) is 84.6 Å². The van der Waals surface area contributed by atoms with Crippen LogP contribution in [-0.4, -0.2) is 54.4 Å². The van der Waals surface area contributed by atoms with Gasteiger partial charge in [-0.3, -0.25) is 14.4 Å². The van der Waals surface area contributed by atoms with E-state index in [-0.39, 0.29) is 35.7 Å². The average Bonchev–Trinajstić information content (AvgIpc) is 2.94. The van der Waals surface area contributed by atoms with E-state index in [2.05, 4.69) is 17.6 Å². The Kier molecular flexibility index (Phi) is 9.79. The van der Waals surface area contributed by atoms with Crippen molar-refractivity contribution in [1.29, 1.82) is 0 Å². The molecule has 1 heterocycles. The van der Waals surface area contributed by atoms with Crippen LogP contribution in [0.25, 0.3) is 0 Å². The van der Waals surface area contributed by atoms with Crippen molar-refractivity contribution in [2.75, 3.05) is 19.7 Å². The molecule has 0 spiro atoms. The molecular formula is C31H41N3O4. The van der Waals surface area contributed by atoms with E-state index in [0.717, 1.165) is 62.7 Å². The molecule has 2 aromatic rings. The molecule has 1 saturated heterocycles. The molecule has 38 heavy (non-hydrogen) atoms. The van der Waals surface area contributed by atoms with Gasteiger partial charge in [-0.1, -0.05) is 44.4 Å². The Morgan fingerprint density at radius 3 is 2.34 bits per heavy atom. The molecule has 0 radical (unpaired) electrons. The van der Waals surface area contributed by atoms with E-state index < -0.39 is 0 Å². The normalized spacial score (nSPS) is 21.4. The summed E-state index contributed by atoms with van der Waals surface area (Å²) in [4.78, 5) is 41.2. The highest BCUT2D eigenvalue weighted by atomic mass is 16.5. The van der Waals surface area contributed by atoms with Crippen molar-refractivity contribution < 1.29 is 19.1 Å². The van der Waals surface area contributed by atoms with Gasteiger partial charge in [-0.15, -0.1) is 0 Å². The lowest BCUT2D eigenvalue weighted by atomic mass is 9.88. The van der Waals surface area contributed by atoms with Crippen LogP contribution in [0.5, 0.6) is 5.75 Å². The quantitative estimate of drug-likeness (QED) is 0.462. The van der Waals surface area contributed by atoms with E-state index in [9.17, 15) is 14.4 Å². The van der Waals surface area contributed by atoms with Gasteiger partial charge in [0.25, 0.3) is 11.8 Å². The van der Waals surface area contributed by atoms with Crippen LogP contribution in [0.15, 0.2) is 48.5 Å². The van der Waals surface area contributed by atoms with Crippen molar-refractivity contribution in [3.63, 3.8) is 0 Å². The molecule has 4 rings (SSSR count). The van der Waals surface area contributed by atoms with Crippen LogP contribution >= 0.6 is 0 Å². The topological polar surface area (TPSA) is 87.7 Å². The molecule has 2 fully saturated rings. The smallest absolute Gasteiger partial charge is 0.253 e. The highest BCUT2D eigenvalue weighted by Crippen LogP contribution is 2.23. The lowest BCUT2D eigenvalue weighted by Gasteiger charge is -2.36. The number of amides is 3. The number of aryl methyl sites for hydroxylation is 1. The molecule has 204 valence electrons. The maximum Gasteiger partial charge on any atom is 0.253 e. The first-order valence-corrected chi connectivity index (χ1v) is 14.1. The first kappa shape index (κ1) is 27.7. The Morgan fingerprint density at radius 1 is 0.921 bits per heavy atom. The second-order valence-electron chi connectivity index (χ2n) is 10.6. The summed E-state index contributed by atoms with van der Waals surface area (Å²) < 4.78 is 5.71. The molecule has 2 aromatic carbocycles. The zero-order chi connectivity index (χ0) is 26.9. The third-order valence-electron chi connectivity index (χ3n) is 7.75. The second-order valence-corrected chi connectivity index (χ2v) is 10.6. The van der Waals surface area contributed by atoms with Crippen molar-refractivity contribution in [3.05, 3.63) is 65.2 Å². The Bertz CT molecular complexity index is 1100. The number of unbranched alkanes of at least 4 members (excludes halogenated alkanes) is 1. The van der Waals surface area contributed by atoms with Gasteiger partial charge in [0, 0.05) is 36.3 Å². The molecule has 0 bridgehead atoms. The van der Waals surface area contributed by atoms with Gasteiger partial charge >= 0.3 is 0 Å². The summed E-state index contributed by atoms with van der Waals surface area (Å²) in [6.45, 7) is 5.78. The highest BCUT2D eigenvalue weighted by Gasteiger charge is 2.33. The van der Waals surface area contributed by atoms with E-state index >= 15 is 0 Å². The highest BCUT2D eigenvalue weighted by molar-refractivity contribution is 5.96. The molecule has 1 unspecified atom stereocenters. The lowest BCUT2D eigenvalue weighted by molar-refractivity contribution is -0.127. The minimum absolute atomic E-state index is 0.0239. The van der Waals surface area contributed by atoms with Crippen molar-refractivity contribution in [2.45, 2.75) is 77.3 Å². The number of likely N-dealkylation sites (tertiary alicyclic amines) is 1. The fourth-order valence-electron chi connectivity index (χ4n) is 5.44. The Hall–Kier alpha value is -3.35. The van der Waals surface area contributed by atoms with Crippen LogP contribution in [-0.2, 0) is 4.79 Å². The number of carbonyl (C=O) groups is 3. The van der Waals surface area contributed by atoms with Gasteiger partial charge in [-0.25, -0.2) is 0 Å².